The van der Waals surface area contributed by atoms with Crippen LogP contribution in [0.2, 0.25) is 0 Å². The lowest BCUT2D eigenvalue weighted by atomic mass is 10.0. The molecule has 1 amide bonds. The van der Waals surface area contributed by atoms with Crippen LogP contribution in [0.5, 0.6) is 0 Å². The Morgan fingerprint density at radius 1 is 1.24 bits per heavy atom. The molecule has 0 spiro atoms. The molecule has 1 atom stereocenters. The summed E-state index contributed by atoms with van der Waals surface area (Å²) >= 11 is 0. The second-order valence-electron chi connectivity index (χ2n) is 6.71. The number of nitrogens with zero attached hydrogens (tertiary/aromatic N) is 3. The van der Waals surface area contributed by atoms with Gasteiger partial charge in [-0.25, -0.2) is 4.98 Å². The molecule has 0 bridgehead atoms. The number of rotatable bonds is 5. The van der Waals surface area contributed by atoms with Crippen LogP contribution in [0, 0.1) is 5.92 Å². The first kappa shape index (κ1) is 17.5. The Balaban J connectivity index is 1.84. The zero-order valence-electron chi connectivity index (χ0n) is 15.1. The van der Waals surface area contributed by atoms with Crippen molar-refractivity contribution in [3.05, 3.63) is 48.0 Å². The van der Waals surface area contributed by atoms with Crippen LogP contribution in [0.3, 0.4) is 0 Å². The maximum absolute atomic E-state index is 13.0. The molecular formula is C19H26N4O2. The highest BCUT2D eigenvalue weighted by Crippen LogP contribution is 2.24. The van der Waals surface area contributed by atoms with E-state index in [2.05, 4.69) is 29.0 Å². The van der Waals surface area contributed by atoms with Crippen LogP contribution in [-0.2, 0) is 11.8 Å². The van der Waals surface area contributed by atoms with E-state index in [9.17, 15) is 4.79 Å². The molecule has 25 heavy (non-hydrogen) atoms. The molecule has 6 heteroatoms. The Morgan fingerprint density at radius 2 is 1.96 bits per heavy atom. The highest BCUT2D eigenvalue weighted by molar-refractivity contribution is 6.00. The summed E-state index contributed by atoms with van der Waals surface area (Å²) in [6.45, 7) is 7.17. The van der Waals surface area contributed by atoms with Gasteiger partial charge in [-0.3, -0.25) is 4.79 Å². The Bertz CT molecular complexity index is 720. The van der Waals surface area contributed by atoms with Crippen LogP contribution in [-0.4, -0.2) is 41.8 Å². The minimum absolute atomic E-state index is 0.0659. The fraction of sp³-hybridized carbons (Fsp3) is 0.474. The fourth-order valence-electron chi connectivity index (χ4n) is 3.17. The summed E-state index contributed by atoms with van der Waals surface area (Å²) in [4.78, 5) is 19.7. The first-order chi connectivity index (χ1) is 12.1. The lowest BCUT2D eigenvalue weighted by Crippen LogP contribution is -2.39. The Morgan fingerprint density at radius 3 is 2.60 bits per heavy atom. The number of hydrogen-bond donors (Lipinski definition) is 1. The van der Waals surface area contributed by atoms with Crippen LogP contribution in [0.25, 0.3) is 0 Å². The fourth-order valence-corrected chi connectivity index (χ4v) is 3.17. The van der Waals surface area contributed by atoms with Crippen LogP contribution in [0.4, 0.5) is 5.69 Å². The minimum Gasteiger partial charge on any atom is -0.378 e. The molecule has 2 aromatic rings. The first-order valence-electron chi connectivity index (χ1n) is 8.77. The van der Waals surface area contributed by atoms with Crippen LogP contribution < -0.4 is 10.2 Å². The molecule has 1 aliphatic rings. The topological polar surface area (TPSA) is 59.4 Å². The van der Waals surface area contributed by atoms with Crippen molar-refractivity contribution in [2.75, 3.05) is 31.2 Å². The molecule has 3 rings (SSSR count). The number of amides is 1. The molecule has 0 radical (unpaired) electrons. The summed E-state index contributed by atoms with van der Waals surface area (Å²) < 4.78 is 7.38. The van der Waals surface area contributed by atoms with Gasteiger partial charge in [0.1, 0.15) is 5.82 Å². The van der Waals surface area contributed by atoms with E-state index in [1.165, 1.54) is 0 Å². The van der Waals surface area contributed by atoms with Crippen molar-refractivity contribution in [1.29, 1.82) is 0 Å². The van der Waals surface area contributed by atoms with Gasteiger partial charge in [-0.1, -0.05) is 26.0 Å². The Hall–Kier alpha value is -2.34. The number of carbonyl (C=O) groups excluding carboxylic acids is 1. The molecule has 2 heterocycles. The number of nitrogens with one attached hydrogen (secondary N) is 1. The molecule has 1 aromatic carbocycles. The number of ether oxygens (including phenoxy) is 1. The molecule has 6 nitrogen and oxygen atoms in total. The van der Waals surface area contributed by atoms with Gasteiger partial charge >= 0.3 is 0 Å². The number of aryl methyl sites for hydroxylation is 1. The normalized spacial score (nSPS) is 16.1. The monoisotopic (exact) mass is 342 g/mol. The van der Waals surface area contributed by atoms with E-state index in [-0.39, 0.29) is 17.9 Å². The van der Waals surface area contributed by atoms with E-state index in [4.69, 9.17) is 4.74 Å². The number of carbonyl (C=O) groups is 1. The van der Waals surface area contributed by atoms with Gasteiger partial charge in [-0.05, 0) is 18.1 Å². The summed E-state index contributed by atoms with van der Waals surface area (Å²) in [5, 5.41) is 3.18. The van der Waals surface area contributed by atoms with Gasteiger partial charge in [-0.15, -0.1) is 0 Å². The predicted octanol–water partition coefficient (Wildman–Crippen LogP) is 2.38. The van der Waals surface area contributed by atoms with Gasteiger partial charge < -0.3 is 19.5 Å². The number of imidazole rings is 1. The summed E-state index contributed by atoms with van der Waals surface area (Å²) in [5.74, 6) is 1.04. The third-order valence-electron chi connectivity index (χ3n) is 4.59. The molecule has 134 valence electrons. The molecule has 1 aromatic heterocycles. The van der Waals surface area contributed by atoms with Gasteiger partial charge in [0, 0.05) is 38.2 Å². The smallest absolute Gasteiger partial charge is 0.253 e. The van der Waals surface area contributed by atoms with Crippen molar-refractivity contribution in [3.63, 3.8) is 0 Å². The van der Waals surface area contributed by atoms with E-state index < -0.39 is 0 Å². The van der Waals surface area contributed by atoms with Crippen LogP contribution in [0.1, 0.15) is 36.1 Å². The maximum atomic E-state index is 13.0. The van der Waals surface area contributed by atoms with E-state index in [1.807, 2.05) is 42.1 Å². The van der Waals surface area contributed by atoms with Crippen molar-refractivity contribution >= 4 is 11.6 Å². The zero-order valence-corrected chi connectivity index (χ0v) is 15.1. The third-order valence-corrected chi connectivity index (χ3v) is 4.59. The molecule has 1 fully saturated rings. The van der Waals surface area contributed by atoms with Gasteiger partial charge in [-0.2, -0.15) is 0 Å². The summed E-state index contributed by atoms with van der Waals surface area (Å²) in [7, 11) is 1.95. The van der Waals surface area contributed by atoms with Crippen molar-refractivity contribution in [2.24, 2.45) is 13.0 Å². The molecular weight excluding hydrogens is 316 g/mol. The van der Waals surface area contributed by atoms with Gasteiger partial charge in [0.2, 0.25) is 0 Å². The van der Waals surface area contributed by atoms with Gasteiger partial charge in [0.25, 0.3) is 5.91 Å². The SMILES string of the molecule is CC(C)[C@H](NC(=O)c1ccccc1N1CCOCC1)c1nccn1C. The van der Waals surface area contributed by atoms with Crippen molar-refractivity contribution in [3.8, 4) is 0 Å². The number of anilines is 1. The number of hydrogen-bond acceptors (Lipinski definition) is 4. The largest absolute Gasteiger partial charge is 0.378 e. The molecule has 1 aliphatic heterocycles. The van der Waals surface area contributed by atoms with Crippen molar-refractivity contribution in [2.45, 2.75) is 19.9 Å². The number of morpholine rings is 1. The van der Waals surface area contributed by atoms with E-state index >= 15 is 0 Å². The number of aromatic nitrogens is 2. The minimum atomic E-state index is -0.134. The number of benzene rings is 1. The maximum Gasteiger partial charge on any atom is 0.253 e. The molecule has 1 saturated heterocycles. The Kier molecular flexibility index (Phi) is 5.38. The molecule has 0 saturated carbocycles. The summed E-state index contributed by atoms with van der Waals surface area (Å²) in [5.41, 5.74) is 1.66. The van der Waals surface area contributed by atoms with Crippen molar-refractivity contribution in [1.82, 2.24) is 14.9 Å². The van der Waals surface area contributed by atoms with E-state index in [0.29, 0.717) is 18.8 Å². The highest BCUT2D eigenvalue weighted by Gasteiger charge is 2.25. The van der Waals surface area contributed by atoms with Gasteiger partial charge in [0.05, 0.1) is 24.8 Å². The van der Waals surface area contributed by atoms with Crippen LogP contribution >= 0.6 is 0 Å². The third kappa shape index (κ3) is 3.85. The highest BCUT2D eigenvalue weighted by atomic mass is 16.5. The summed E-state index contributed by atoms with van der Waals surface area (Å²) in [6.07, 6.45) is 3.66. The molecule has 1 N–H and O–H groups in total. The average molecular weight is 342 g/mol. The lowest BCUT2D eigenvalue weighted by molar-refractivity contribution is 0.0921. The zero-order chi connectivity index (χ0) is 17.8. The van der Waals surface area contributed by atoms with Gasteiger partial charge in [0.15, 0.2) is 0 Å². The van der Waals surface area contributed by atoms with E-state index in [1.54, 1.807) is 6.20 Å². The lowest BCUT2D eigenvalue weighted by Gasteiger charge is -2.31. The summed E-state index contributed by atoms with van der Waals surface area (Å²) in [6, 6.07) is 7.64. The average Bonchev–Trinajstić information content (AvgIpc) is 3.05. The second-order valence-corrected chi connectivity index (χ2v) is 6.71. The standard InChI is InChI=1S/C19H26N4O2/c1-14(2)17(18-20-8-9-22(18)3)21-19(24)15-6-4-5-7-16(15)23-10-12-25-13-11-23/h4-9,14,17H,10-13H2,1-3H3,(H,21,24)/t17-/m0/s1. The quantitative estimate of drug-likeness (QED) is 0.906. The van der Waals surface area contributed by atoms with E-state index in [0.717, 1.165) is 24.6 Å². The Labute approximate surface area is 148 Å². The first-order valence-corrected chi connectivity index (χ1v) is 8.77. The van der Waals surface area contributed by atoms with Crippen LogP contribution in [0.15, 0.2) is 36.7 Å². The molecule has 0 aliphatic carbocycles. The predicted molar refractivity (Wildman–Crippen MR) is 97.7 cm³/mol. The second kappa shape index (κ2) is 7.70. The number of para-hydroxylation sites is 1. The van der Waals surface area contributed by atoms with Crippen molar-refractivity contribution < 1.29 is 9.53 Å². The molecule has 0 unspecified atom stereocenters.